The molecule has 0 aliphatic heterocycles. The molecule has 0 amide bonds. The second-order valence-corrected chi connectivity index (χ2v) is 7.17. The Balaban J connectivity index is 1.88. The van der Waals surface area contributed by atoms with E-state index in [9.17, 15) is 0 Å². The van der Waals surface area contributed by atoms with Crippen molar-refractivity contribution in [1.82, 2.24) is 4.90 Å². The molecule has 0 bridgehead atoms. The fourth-order valence-electron chi connectivity index (χ4n) is 3.82. The molecule has 0 N–H and O–H groups in total. The summed E-state index contributed by atoms with van der Waals surface area (Å²) in [5.74, 6) is 0. The average molecular weight is 314 g/mol. The Morgan fingerprint density at radius 3 is 2.64 bits per heavy atom. The number of rotatable bonds is 6. The molecule has 1 aromatic heterocycles. The molecule has 2 aromatic rings. The standard InChI is InChI=1S/C20H27NS/c1-3-11-21(12-4-2)18-9-8-16-6-5-7-19(20(16)14-18)17-10-13-22-15-17/h5-7,10,13,15,18H,3-4,8-9,11-12,14H2,1-2H3/t18-/m1/s1. The lowest BCUT2D eigenvalue weighted by molar-refractivity contribution is 0.180. The normalized spacial score (nSPS) is 17.7. The quantitative estimate of drug-likeness (QED) is 0.690. The van der Waals surface area contributed by atoms with E-state index in [1.165, 1.54) is 56.3 Å². The zero-order valence-corrected chi connectivity index (χ0v) is 14.7. The smallest absolute Gasteiger partial charge is 0.0139 e. The van der Waals surface area contributed by atoms with Crippen molar-refractivity contribution in [3.05, 3.63) is 46.2 Å². The van der Waals surface area contributed by atoms with Gasteiger partial charge in [0.15, 0.2) is 0 Å². The maximum absolute atomic E-state index is 2.73. The van der Waals surface area contributed by atoms with E-state index in [-0.39, 0.29) is 0 Å². The van der Waals surface area contributed by atoms with Crippen molar-refractivity contribution in [3.8, 4) is 11.1 Å². The third kappa shape index (κ3) is 3.28. The second kappa shape index (κ2) is 7.43. The molecule has 0 saturated carbocycles. The number of hydrogen-bond donors (Lipinski definition) is 0. The minimum atomic E-state index is 0.729. The minimum Gasteiger partial charge on any atom is -0.300 e. The monoisotopic (exact) mass is 313 g/mol. The number of aryl methyl sites for hydroxylation is 1. The van der Waals surface area contributed by atoms with Gasteiger partial charge in [0.1, 0.15) is 0 Å². The number of hydrogen-bond acceptors (Lipinski definition) is 2. The summed E-state index contributed by atoms with van der Waals surface area (Å²) >= 11 is 1.80. The first kappa shape index (κ1) is 15.8. The maximum atomic E-state index is 2.73. The van der Waals surface area contributed by atoms with Crippen LogP contribution in [0.5, 0.6) is 0 Å². The van der Waals surface area contributed by atoms with Gasteiger partial charge in [-0.2, -0.15) is 11.3 Å². The van der Waals surface area contributed by atoms with E-state index in [0.29, 0.717) is 0 Å². The van der Waals surface area contributed by atoms with Gasteiger partial charge in [-0.15, -0.1) is 0 Å². The Morgan fingerprint density at radius 2 is 1.95 bits per heavy atom. The summed E-state index contributed by atoms with van der Waals surface area (Å²) in [6, 6.07) is 9.88. The molecule has 0 saturated heterocycles. The lowest BCUT2D eigenvalue weighted by Crippen LogP contribution is -2.40. The van der Waals surface area contributed by atoms with Crippen LogP contribution in [0.2, 0.25) is 0 Å². The topological polar surface area (TPSA) is 3.24 Å². The van der Waals surface area contributed by atoms with Crippen LogP contribution in [0.15, 0.2) is 35.0 Å². The van der Waals surface area contributed by atoms with Gasteiger partial charge in [-0.1, -0.05) is 32.0 Å². The first-order valence-electron chi connectivity index (χ1n) is 8.70. The Labute approximate surface area is 139 Å². The van der Waals surface area contributed by atoms with Gasteiger partial charge >= 0.3 is 0 Å². The number of fused-ring (bicyclic) bond motifs is 1. The van der Waals surface area contributed by atoms with Crippen LogP contribution >= 0.6 is 11.3 Å². The Kier molecular flexibility index (Phi) is 5.32. The van der Waals surface area contributed by atoms with Crippen molar-refractivity contribution >= 4 is 11.3 Å². The second-order valence-electron chi connectivity index (χ2n) is 6.39. The van der Waals surface area contributed by atoms with Crippen molar-refractivity contribution in [2.24, 2.45) is 0 Å². The highest BCUT2D eigenvalue weighted by molar-refractivity contribution is 7.08. The molecule has 3 rings (SSSR count). The predicted octanol–water partition coefficient (Wildman–Crippen LogP) is 5.39. The highest BCUT2D eigenvalue weighted by Crippen LogP contribution is 2.34. The lowest BCUT2D eigenvalue weighted by atomic mass is 9.83. The summed E-state index contributed by atoms with van der Waals surface area (Å²) in [6.07, 6.45) is 6.30. The zero-order valence-electron chi connectivity index (χ0n) is 13.8. The van der Waals surface area contributed by atoms with Crippen LogP contribution < -0.4 is 0 Å². The first-order valence-corrected chi connectivity index (χ1v) is 9.65. The summed E-state index contributed by atoms with van der Waals surface area (Å²) in [4.78, 5) is 2.73. The van der Waals surface area contributed by atoms with Gasteiger partial charge in [-0.3, -0.25) is 0 Å². The molecule has 0 radical (unpaired) electrons. The molecule has 22 heavy (non-hydrogen) atoms. The predicted molar refractivity (Wildman–Crippen MR) is 97.7 cm³/mol. The van der Waals surface area contributed by atoms with Gasteiger partial charge in [-0.25, -0.2) is 0 Å². The van der Waals surface area contributed by atoms with E-state index in [0.717, 1.165) is 6.04 Å². The van der Waals surface area contributed by atoms with Crippen LogP contribution in [0, 0.1) is 0 Å². The van der Waals surface area contributed by atoms with Crippen molar-refractivity contribution in [1.29, 1.82) is 0 Å². The zero-order chi connectivity index (χ0) is 15.4. The molecule has 1 nitrogen and oxygen atoms in total. The molecule has 0 fully saturated rings. The third-order valence-corrected chi connectivity index (χ3v) is 5.51. The largest absolute Gasteiger partial charge is 0.300 e. The van der Waals surface area contributed by atoms with E-state index < -0.39 is 0 Å². The van der Waals surface area contributed by atoms with Crippen LogP contribution in [0.25, 0.3) is 11.1 Å². The summed E-state index contributed by atoms with van der Waals surface area (Å²) in [5.41, 5.74) is 6.05. The molecule has 0 spiro atoms. The van der Waals surface area contributed by atoms with E-state index in [2.05, 4.69) is 53.8 Å². The van der Waals surface area contributed by atoms with Crippen molar-refractivity contribution < 1.29 is 0 Å². The van der Waals surface area contributed by atoms with E-state index in [1.807, 2.05) is 0 Å². The lowest BCUT2D eigenvalue weighted by Gasteiger charge is -2.35. The van der Waals surface area contributed by atoms with Crippen LogP contribution in [0.3, 0.4) is 0 Å². The van der Waals surface area contributed by atoms with Gasteiger partial charge in [0.05, 0.1) is 0 Å². The van der Waals surface area contributed by atoms with Crippen LogP contribution in [0.4, 0.5) is 0 Å². The number of nitrogens with zero attached hydrogens (tertiary/aromatic N) is 1. The molecular formula is C20H27NS. The Bertz CT molecular complexity index is 582. The van der Waals surface area contributed by atoms with Gasteiger partial charge in [0.2, 0.25) is 0 Å². The molecular weight excluding hydrogens is 286 g/mol. The Morgan fingerprint density at radius 1 is 1.14 bits per heavy atom. The van der Waals surface area contributed by atoms with Gasteiger partial charge < -0.3 is 4.90 Å². The van der Waals surface area contributed by atoms with Crippen LogP contribution in [-0.2, 0) is 12.8 Å². The summed E-state index contributed by atoms with van der Waals surface area (Å²) < 4.78 is 0. The summed E-state index contributed by atoms with van der Waals surface area (Å²) in [6.45, 7) is 7.09. The molecule has 118 valence electrons. The van der Waals surface area contributed by atoms with E-state index in [4.69, 9.17) is 0 Å². The Hall–Kier alpha value is -1.12. The minimum absolute atomic E-state index is 0.729. The first-order chi connectivity index (χ1) is 10.8. The van der Waals surface area contributed by atoms with Crippen LogP contribution in [0.1, 0.15) is 44.2 Å². The van der Waals surface area contributed by atoms with Gasteiger partial charge in [-0.05, 0) is 84.3 Å². The fourth-order valence-corrected chi connectivity index (χ4v) is 4.48. The van der Waals surface area contributed by atoms with Crippen LogP contribution in [-0.4, -0.2) is 24.0 Å². The summed E-state index contributed by atoms with van der Waals surface area (Å²) in [5, 5.41) is 4.48. The van der Waals surface area contributed by atoms with E-state index in [1.54, 1.807) is 22.5 Å². The SMILES string of the molecule is CCCN(CCC)[C@@H]1CCc2cccc(-c3ccsc3)c2C1. The van der Waals surface area contributed by atoms with Crippen molar-refractivity contribution in [2.45, 2.75) is 52.0 Å². The number of thiophene rings is 1. The third-order valence-electron chi connectivity index (χ3n) is 4.83. The average Bonchev–Trinajstić information content (AvgIpc) is 3.08. The molecule has 1 aliphatic rings. The molecule has 1 atom stereocenters. The van der Waals surface area contributed by atoms with Gasteiger partial charge in [0, 0.05) is 6.04 Å². The molecule has 1 heterocycles. The molecule has 0 unspecified atom stereocenters. The summed E-state index contributed by atoms with van der Waals surface area (Å²) in [7, 11) is 0. The molecule has 1 aromatic carbocycles. The fraction of sp³-hybridized carbons (Fsp3) is 0.500. The number of benzene rings is 1. The van der Waals surface area contributed by atoms with Crippen molar-refractivity contribution in [3.63, 3.8) is 0 Å². The molecule has 1 aliphatic carbocycles. The van der Waals surface area contributed by atoms with Gasteiger partial charge in [0.25, 0.3) is 0 Å². The van der Waals surface area contributed by atoms with E-state index >= 15 is 0 Å². The molecule has 2 heteroatoms. The highest BCUT2D eigenvalue weighted by atomic mass is 32.1. The maximum Gasteiger partial charge on any atom is 0.0139 e. The van der Waals surface area contributed by atoms with Crippen molar-refractivity contribution in [2.75, 3.05) is 13.1 Å². The highest BCUT2D eigenvalue weighted by Gasteiger charge is 2.25.